The molecule has 0 aliphatic carbocycles. The Morgan fingerprint density at radius 1 is 1.27 bits per heavy atom. The summed E-state index contributed by atoms with van der Waals surface area (Å²) in [5, 5.41) is 13.5. The van der Waals surface area contributed by atoms with E-state index in [0.29, 0.717) is 24.5 Å². The Balaban J connectivity index is 1.51. The van der Waals surface area contributed by atoms with E-state index in [2.05, 4.69) is 10.00 Å². The average molecular weight is 411 g/mol. The molecule has 2 unspecified atom stereocenters. The Labute approximate surface area is 172 Å². The van der Waals surface area contributed by atoms with Gasteiger partial charge in [-0.15, -0.1) is 0 Å². The number of carboxylic acids is 1. The summed E-state index contributed by atoms with van der Waals surface area (Å²) in [5.41, 5.74) is 2.38. The van der Waals surface area contributed by atoms with Crippen LogP contribution in [0.3, 0.4) is 0 Å². The molecule has 3 aromatic rings. The second-order valence-corrected chi connectivity index (χ2v) is 7.72. The number of rotatable bonds is 5. The molecule has 2 aliphatic rings. The fraction of sp³-hybridized carbons (Fsp3) is 0.364. The number of carboxylic acid groups (broad SMARTS) is 1. The van der Waals surface area contributed by atoms with Gasteiger partial charge in [0.1, 0.15) is 23.2 Å². The molecule has 2 aromatic heterocycles. The van der Waals surface area contributed by atoms with Crippen molar-refractivity contribution in [1.29, 1.82) is 0 Å². The highest BCUT2D eigenvalue weighted by Crippen LogP contribution is 2.41. The number of aromatic nitrogens is 2. The molecule has 0 saturated carbocycles. The van der Waals surface area contributed by atoms with Crippen LogP contribution in [0.4, 0.5) is 10.1 Å². The van der Waals surface area contributed by atoms with Crippen LogP contribution in [0.25, 0.3) is 5.52 Å². The normalized spacial score (nSPS) is 21.4. The highest BCUT2D eigenvalue weighted by molar-refractivity contribution is 5.95. The lowest BCUT2D eigenvalue weighted by atomic mass is 10.0. The maximum Gasteiger partial charge on any atom is 0.339 e. The van der Waals surface area contributed by atoms with Crippen LogP contribution in [-0.2, 0) is 4.74 Å². The number of hydrogen-bond donors (Lipinski definition) is 1. The molecule has 5 rings (SSSR count). The number of nitrogens with zero attached hydrogens (tertiary/aromatic N) is 3. The van der Waals surface area contributed by atoms with Gasteiger partial charge in [0, 0.05) is 30.4 Å². The van der Waals surface area contributed by atoms with Gasteiger partial charge in [-0.05, 0) is 43.2 Å². The Hall–Kier alpha value is -3.13. The van der Waals surface area contributed by atoms with Gasteiger partial charge in [0.2, 0.25) is 0 Å². The molecule has 1 N–H and O–H groups in total. The number of aromatic carboxylic acids is 1. The summed E-state index contributed by atoms with van der Waals surface area (Å²) in [5.74, 6) is -0.633. The fourth-order valence-electron chi connectivity index (χ4n) is 4.38. The van der Waals surface area contributed by atoms with Gasteiger partial charge in [0.25, 0.3) is 0 Å². The molecule has 2 saturated heterocycles. The van der Waals surface area contributed by atoms with Gasteiger partial charge in [0.15, 0.2) is 0 Å². The standard InChI is InChI=1S/C22H22FN3O4/c23-14-3-4-21(30-16-6-9-29-13-16)17(10-14)19-2-1-7-25(19)15-5-8-26-20(11-15)18(12-24-26)22(27)28/h3-5,8,10-12,16,19H,1-2,6-7,9,13H2,(H,27,28). The minimum absolute atomic E-state index is 0.0228. The lowest BCUT2D eigenvalue weighted by Crippen LogP contribution is -2.24. The fourth-order valence-corrected chi connectivity index (χ4v) is 4.38. The number of hydrogen-bond acceptors (Lipinski definition) is 5. The quantitative estimate of drug-likeness (QED) is 0.690. The monoisotopic (exact) mass is 411 g/mol. The molecule has 156 valence electrons. The summed E-state index contributed by atoms with van der Waals surface area (Å²) < 4.78 is 27.3. The number of anilines is 1. The van der Waals surface area contributed by atoms with Crippen molar-refractivity contribution in [3.8, 4) is 5.75 Å². The largest absolute Gasteiger partial charge is 0.488 e. The van der Waals surface area contributed by atoms with Crippen molar-refractivity contribution < 1.29 is 23.8 Å². The highest BCUT2D eigenvalue weighted by Gasteiger charge is 2.31. The summed E-state index contributed by atoms with van der Waals surface area (Å²) in [4.78, 5) is 13.7. The van der Waals surface area contributed by atoms with Crippen LogP contribution < -0.4 is 9.64 Å². The van der Waals surface area contributed by atoms with E-state index in [1.165, 1.54) is 12.3 Å². The minimum atomic E-state index is -1.01. The van der Waals surface area contributed by atoms with Crippen molar-refractivity contribution >= 4 is 17.2 Å². The Kier molecular flexibility index (Phi) is 4.78. The van der Waals surface area contributed by atoms with Gasteiger partial charge < -0.3 is 19.5 Å². The van der Waals surface area contributed by atoms with E-state index in [4.69, 9.17) is 9.47 Å². The third kappa shape index (κ3) is 3.37. The van der Waals surface area contributed by atoms with Gasteiger partial charge in [-0.1, -0.05) is 0 Å². The van der Waals surface area contributed by atoms with Crippen LogP contribution in [0.2, 0.25) is 0 Å². The van der Waals surface area contributed by atoms with Crippen molar-refractivity contribution in [1.82, 2.24) is 9.61 Å². The minimum Gasteiger partial charge on any atom is -0.488 e. The zero-order valence-electron chi connectivity index (χ0n) is 16.3. The van der Waals surface area contributed by atoms with Crippen molar-refractivity contribution in [3.63, 3.8) is 0 Å². The van der Waals surface area contributed by atoms with Crippen LogP contribution in [0.15, 0.2) is 42.7 Å². The van der Waals surface area contributed by atoms with Crippen LogP contribution >= 0.6 is 0 Å². The van der Waals surface area contributed by atoms with Crippen molar-refractivity contribution in [2.45, 2.75) is 31.4 Å². The zero-order valence-corrected chi connectivity index (χ0v) is 16.3. The van der Waals surface area contributed by atoms with Gasteiger partial charge >= 0.3 is 5.97 Å². The molecule has 1 aromatic carbocycles. The number of benzene rings is 1. The average Bonchev–Trinajstić information content (AvgIpc) is 3.49. The molecule has 2 aliphatic heterocycles. The second-order valence-electron chi connectivity index (χ2n) is 7.72. The molecule has 0 spiro atoms. The van der Waals surface area contributed by atoms with Crippen LogP contribution in [-0.4, -0.2) is 46.6 Å². The van der Waals surface area contributed by atoms with E-state index < -0.39 is 5.97 Å². The maximum absolute atomic E-state index is 14.2. The molecule has 8 heteroatoms. The van der Waals surface area contributed by atoms with Gasteiger partial charge in [0.05, 0.1) is 31.0 Å². The molecule has 0 radical (unpaired) electrons. The van der Waals surface area contributed by atoms with Crippen LogP contribution in [0, 0.1) is 5.82 Å². The van der Waals surface area contributed by atoms with Crippen LogP contribution in [0.1, 0.15) is 41.2 Å². The number of halogens is 1. The summed E-state index contributed by atoms with van der Waals surface area (Å²) in [7, 11) is 0. The maximum atomic E-state index is 14.2. The van der Waals surface area contributed by atoms with E-state index in [0.717, 1.165) is 37.1 Å². The van der Waals surface area contributed by atoms with E-state index >= 15 is 0 Å². The van der Waals surface area contributed by atoms with Crippen molar-refractivity contribution in [2.24, 2.45) is 0 Å². The molecular formula is C22H22FN3O4. The number of pyridine rings is 1. The molecule has 2 fully saturated rings. The summed E-state index contributed by atoms with van der Waals surface area (Å²) in [6, 6.07) is 8.35. The van der Waals surface area contributed by atoms with E-state index in [9.17, 15) is 14.3 Å². The predicted octanol–water partition coefficient (Wildman–Crippen LogP) is 3.68. The van der Waals surface area contributed by atoms with Gasteiger partial charge in [-0.3, -0.25) is 0 Å². The zero-order chi connectivity index (χ0) is 20.7. The molecule has 4 heterocycles. The molecule has 30 heavy (non-hydrogen) atoms. The number of fused-ring (bicyclic) bond motifs is 1. The summed E-state index contributed by atoms with van der Waals surface area (Å²) in [6.45, 7) is 2.01. The van der Waals surface area contributed by atoms with E-state index in [1.807, 2.05) is 12.1 Å². The Morgan fingerprint density at radius 3 is 2.97 bits per heavy atom. The Bertz CT molecular complexity index is 1090. The van der Waals surface area contributed by atoms with Crippen molar-refractivity contribution in [2.75, 3.05) is 24.7 Å². The Morgan fingerprint density at radius 2 is 2.17 bits per heavy atom. The van der Waals surface area contributed by atoms with Gasteiger partial charge in [-0.2, -0.15) is 5.10 Å². The highest BCUT2D eigenvalue weighted by atomic mass is 19.1. The van der Waals surface area contributed by atoms with Crippen molar-refractivity contribution in [3.05, 3.63) is 59.7 Å². The SMILES string of the molecule is O=C(O)c1cnn2ccc(N3CCCC3c3cc(F)ccc3OC3CCOC3)cc12. The van der Waals surface area contributed by atoms with Gasteiger partial charge in [-0.25, -0.2) is 13.7 Å². The van der Waals surface area contributed by atoms with E-state index in [1.54, 1.807) is 22.8 Å². The molecule has 2 atom stereocenters. The third-order valence-electron chi connectivity index (χ3n) is 5.83. The molecule has 0 bridgehead atoms. The lowest BCUT2D eigenvalue weighted by Gasteiger charge is -2.29. The summed E-state index contributed by atoms with van der Waals surface area (Å²) >= 11 is 0. The lowest BCUT2D eigenvalue weighted by molar-refractivity contribution is 0.0699. The first-order valence-corrected chi connectivity index (χ1v) is 10.1. The summed E-state index contributed by atoms with van der Waals surface area (Å²) in [6.07, 6.45) is 5.71. The number of carbonyl (C=O) groups is 1. The first-order valence-electron chi connectivity index (χ1n) is 10.1. The smallest absolute Gasteiger partial charge is 0.339 e. The molecule has 0 amide bonds. The van der Waals surface area contributed by atoms with Crippen LogP contribution in [0.5, 0.6) is 5.75 Å². The third-order valence-corrected chi connectivity index (χ3v) is 5.83. The molecular weight excluding hydrogens is 389 g/mol. The second kappa shape index (κ2) is 7.60. The topological polar surface area (TPSA) is 76.3 Å². The first-order chi connectivity index (χ1) is 14.6. The number of ether oxygens (including phenoxy) is 2. The first kappa shape index (κ1) is 18.9. The molecule has 7 nitrogen and oxygen atoms in total. The predicted molar refractivity (Wildman–Crippen MR) is 108 cm³/mol. The van der Waals surface area contributed by atoms with E-state index in [-0.39, 0.29) is 23.5 Å².